The van der Waals surface area contributed by atoms with Crippen molar-refractivity contribution in [1.29, 1.82) is 0 Å². The second-order valence-corrected chi connectivity index (χ2v) is 9.35. The zero-order valence-corrected chi connectivity index (χ0v) is 18.9. The Bertz CT molecular complexity index is 903. The molecule has 0 saturated heterocycles. The molecule has 0 radical (unpaired) electrons. The molecular formula is C26H33NO3. The van der Waals surface area contributed by atoms with Crippen molar-refractivity contribution in [3.63, 3.8) is 0 Å². The predicted molar refractivity (Wildman–Crippen MR) is 122 cm³/mol. The predicted octanol–water partition coefficient (Wildman–Crippen LogP) is 5.47. The second kappa shape index (κ2) is 8.71. The summed E-state index contributed by atoms with van der Waals surface area (Å²) in [6, 6.07) is 14.9. The van der Waals surface area contributed by atoms with E-state index in [0.717, 1.165) is 23.5 Å². The van der Waals surface area contributed by atoms with Crippen LogP contribution in [0.5, 0.6) is 5.75 Å². The Morgan fingerprint density at radius 2 is 1.83 bits per heavy atom. The van der Waals surface area contributed by atoms with Gasteiger partial charge in [0.05, 0.1) is 0 Å². The van der Waals surface area contributed by atoms with E-state index in [1.807, 2.05) is 26.0 Å². The lowest BCUT2D eigenvalue weighted by atomic mass is 9.87. The number of hydrogen-bond donors (Lipinski definition) is 1. The summed E-state index contributed by atoms with van der Waals surface area (Å²) in [7, 11) is 1.69. The van der Waals surface area contributed by atoms with Gasteiger partial charge in [0.2, 0.25) is 0 Å². The minimum absolute atomic E-state index is 0.158. The van der Waals surface area contributed by atoms with Gasteiger partial charge < -0.3 is 19.5 Å². The van der Waals surface area contributed by atoms with Crippen LogP contribution in [0.15, 0.2) is 42.5 Å². The topological polar surface area (TPSA) is 39.7 Å². The maximum Gasteiger partial charge on any atom is 0.132 e. The fourth-order valence-electron chi connectivity index (χ4n) is 3.85. The molecule has 2 unspecified atom stereocenters. The lowest BCUT2D eigenvalue weighted by Crippen LogP contribution is -2.50. The number of terminal acetylenes is 1. The van der Waals surface area contributed by atoms with Gasteiger partial charge in [0.15, 0.2) is 0 Å². The van der Waals surface area contributed by atoms with Gasteiger partial charge in [0, 0.05) is 24.9 Å². The standard InChI is InChI=1S/C26H33NO3/c1-8-15-29-24-23(28-7)21-16-20(13-14-22(21)30-26(24,5)6)27-17-18-9-11-19(12-10-18)25(2,3)4/h1,9-14,16,23-24,27H,15,17H2,2-7H3. The highest BCUT2D eigenvalue weighted by molar-refractivity contribution is 5.54. The van der Waals surface area contributed by atoms with E-state index in [2.05, 4.69) is 62.3 Å². The number of nitrogens with one attached hydrogen (secondary N) is 1. The smallest absolute Gasteiger partial charge is 0.132 e. The van der Waals surface area contributed by atoms with E-state index in [1.54, 1.807) is 7.11 Å². The molecule has 1 aliphatic rings. The molecule has 0 aromatic heterocycles. The van der Waals surface area contributed by atoms with Gasteiger partial charge in [-0.25, -0.2) is 0 Å². The molecular weight excluding hydrogens is 374 g/mol. The van der Waals surface area contributed by atoms with Gasteiger partial charge in [0.25, 0.3) is 0 Å². The molecule has 1 heterocycles. The number of hydrogen-bond acceptors (Lipinski definition) is 4. The van der Waals surface area contributed by atoms with Crippen LogP contribution in [-0.2, 0) is 21.4 Å². The van der Waals surface area contributed by atoms with E-state index in [0.29, 0.717) is 0 Å². The van der Waals surface area contributed by atoms with Crippen LogP contribution in [-0.4, -0.2) is 25.4 Å². The Hall–Kier alpha value is -2.48. The minimum Gasteiger partial charge on any atom is -0.485 e. The number of fused-ring (bicyclic) bond motifs is 1. The highest BCUT2D eigenvalue weighted by Crippen LogP contribution is 2.44. The molecule has 0 bridgehead atoms. The fourth-order valence-corrected chi connectivity index (χ4v) is 3.85. The van der Waals surface area contributed by atoms with E-state index in [1.165, 1.54) is 11.1 Å². The molecule has 1 N–H and O–H groups in total. The molecule has 0 aliphatic carbocycles. The van der Waals surface area contributed by atoms with Gasteiger partial charge in [-0.2, -0.15) is 0 Å². The zero-order chi connectivity index (χ0) is 21.9. The molecule has 30 heavy (non-hydrogen) atoms. The number of ether oxygens (including phenoxy) is 3. The number of benzene rings is 2. The van der Waals surface area contributed by atoms with Crippen molar-refractivity contribution >= 4 is 5.69 Å². The first-order valence-electron chi connectivity index (χ1n) is 10.4. The van der Waals surface area contributed by atoms with Crippen LogP contribution in [0.4, 0.5) is 5.69 Å². The van der Waals surface area contributed by atoms with Gasteiger partial charge in [-0.15, -0.1) is 6.42 Å². The van der Waals surface area contributed by atoms with Crippen molar-refractivity contribution < 1.29 is 14.2 Å². The maximum absolute atomic E-state index is 6.22. The molecule has 3 rings (SSSR count). The summed E-state index contributed by atoms with van der Waals surface area (Å²) in [5, 5.41) is 3.51. The number of anilines is 1. The van der Waals surface area contributed by atoms with Crippen molar-refractivity contribution in [1.82, 2.24) is 0 Å². The van der Waals surface area contributed by atoms with Gasteiger partial charge in [0.1, 0.15) is 30.2 Å². The average molecular weight is 408 g/mol. The molecule has 2 atom stereocenters. The molecule has 0 amide bonds. The van der Waals surface area contributed by atoms with Crippen LogP contribution >= 0.6 is 0 Å². The Morgan fingerprint density at radius 1 is 1.13 bits per heavy atom. The summed E-state index contributed by atoms with van der Waals surface area (Å²) in [6.45, 7) is 11.6. The number of methoxy groups -OCH3 is 1. The third kappa shape index (κ3) is 4.80. The highest BCUT2D eigenvalue weighted by atomic mass is 16.6. The first-order valence-corrected chi connectivity index (χ1v) is 10.4. The summed E-state index contributed by atoms with van der Waals surface area (Å²) >= 11 is 0. The molecule has 160 valence electrons. The summed E-state index contributed by atoms with van der Waals surface area (Å²) < 4.78 is 18.0. The monoisotopic (exact) mass is 407 g/mol. The van der Waals surface area contributed by atoms with Crippen molar-refractivity contribution in [2.45, 2.75) is 64.4 Å². The van der Waals surface area contributed by atoms with Crippen LogP contribution in [0.2, 0.25) is 0 Å². The molecule has 2 aromatic rings. The summed E-state index contributed by atoms with van der Waals surface area (Å²) in [6.07, 6.45) is 4.84. The van der Waals surface area contributed by atoms with Crippen molar-refractivity contribution in [3.8, 4) is 18.1 Å². The van der Waals surface area contributed by atoms with E-state index in [4.69, 9.17) is 20.6 Å². The van der Waals surface area contributed by atoms with E-state index < -0.39 is 5.60 Å². The third-order valence-electron chi connectivity index (χ3n) is 5.57. The van der Waals surface area contributed by atoms with Gasteiger partial charge in [-0.1, -0.05) is 51.0 Å². The van der Waals surface area contributed by atoms with Crippen molar-refractivity contribution in [3.05, 3.63) is 59.2 Å². The zero-order valence-electron chi connectivity index (χ0n) is 18.9. The molecule has 2 aromatic carbocycles. The Labute approximate surface area is 180 Å². The number of rotatable bonds is 6. The first-order chi connectivity index (χ1) is 14.2. The average Bonchev–Trinajstić information content (AvgIpc) is 2.69. The van der Waals surface area contributed by atoms with Crippen molar-refractivity contribution in [2.75, 3.05) is 19.0 Å². The van der Waals surface area contributed by atoms with Crippen LogP contribution in [0, 0.1) is 12.3 Å². The molecule has 0 spiro atoms. The summed E-state index contributed by atoms with van der Waals surface area (Å²) in [4.78, 5) is 0. The van der Waals surface area contributed by atoms with Gasteiger partial charge in [-0.3, -0.25) is 0 Å². The molecule has 4 heteroatoms. The quantitative estimate of drug-likeness (QED) is 0.644. The van der Waals surface area contributed by atoms with Crippen LogP contribution < -0.4 is 10.1 Å². The molecule has 1 aliphatic heterocycles. The first kappa shape index (κ1) is 22.2. The van der Waals surface area contributed by atoms with Crippen LogP contribution in [0.1, 0.15) is 57.4 Å². The molecule has 0 fully saturated rings. The lowest BCUT2D eigenvalue weighted by Gasteiger charge is -2.43. The van der Waals surface area contributed by atoms with Crippen LogP contribution in [0.3, 0.4) is 0 Å². The van der Waals surface area contributed by atoms with E-state index in [9.17, 15) is 0 Å². The lowest BCUT2D eigenvalue weighted by molar-refractivity contribution is -0.147. The maximum atomic E-state index is 6.22. The third-order valence-corrected chi connectivity index (χ3v) is 5.57. The van der Waals surface area contributed by atoms with Gasteiger partial charge >= 0.3 is 0 Å². The highest BCUT2D eigenvalue weighted by Gasteiger charge is 2.45. The summed E-state index contributed by atoms with van der Waals surface area (Å²) in [5.41, 5.74) is 4.15. The molecule has 0 saturated carbocycles. The normalized spacial score (nSPS) is 20.0. The largest absolute Gasteiger partial charge is 0.485 e. The fraction of sp³-hybridized carbons (Fsp3) is 0.462. The van der Waals surface area contributed by atoms with E-state index in [-0.39, 0.29) is 24.2 Å². The molecule has 4 nitrogen and oxygen atoms in total. The van der Waals surface area contributed by atoms with E-state index >= 15 is 0 Å². The SMILES string of the molecule is C#CCOC1C(OC)c2cc(NCc3ccc(C(C)(C)C)cc3)ccc2OC1(C)C. The Morgan fingerprint density at radius 3 is 2.43 bits per heavy atom. The van der Waals surface area contributed by atoms with Crippen molar-refractivity contribution in [2.24, 2.45) is 0 Å². The van der Waals surface area contributed by atoms with Crippen LogP contribution in [0.25, 0.3) is 0 Å². The van der Waals surface area contributed by atoms with Gasteiger partial charge in [-0.05, 0) is 48.6 Å². The summed E-state index contributed by atoms with van der Waals surface area (Å²) in [5.74, 6) is 3.35. The Balaban J connectivity index is 1.77. The second-order valence-electron chi connectivity index (χ2n) is 9.35. The Kier molecular flexibility index (Phi) is 6.45. The minimum atomic E-state index is -0.547.